The fourth-order valence-electron chi connectivity index (χ4n) is 5.70. The Morgan fingerprint density at radius 1 is 0.871 bits per heavy atom. The molecule has 0 bridgehead atoms. The molecule has 2 atom stereocenters. The lowest BCUT2D eigenvalue weighted by molar-refractivity contribution is 0.0681. The van der Waals surface area contributed by atoms with Crippen LogP contribution in [0.1, 0.15) is 53.3 Å². The Morgan fingerprint density at radius 2 is 1.35 bits per heavy atom. The molecule has 0 saturated carbocycles. The van der Waals surface area contributed by atoms with Gasteiger partial charge in [0.25, 0.3) is 0 Å². The van der Waals surface area contributed by atoms with E-state index in [0.29, 0.717) is 28.1 Å². The maximum atomic E-state index is 13.9. The molecule has 2 aromatic rings. The summed E-state index contributed by atoms with van der Waals surface area (Å²) < 4.78 is 35.7. The molecule has 3 rings (SSSR count). The minimum absolute atomic E-state index is 0.158. The van der Waals surface area contributed by atoms with Gasteiger partial charge >= 0.3 is 0 Å². The summed E-state index contributed by atoms with van der Waals surface area (Å²) in [5.74, 6) is 0. The molecule has 31 heavy (non-hydrogen) atoms. The Balaban J connectivity index is 2.09. The van der Waals surface area contributed by atoms with Crippen LogP contribution in [0.5, 0.6) is 0 Å². The van der Waals surface area contributed by atoms with Gasteiger partial charge in [-0.05, 0) is 23.7 Å². The van der Waals surface area contributed by atoms with Crippen molar-refractivity contribution in [2.75, 3.05) is 6.61 Å². The van der Waals surface area contributed by atoms with Crippen LogP contribution in [0.25, 0.3) is 0 Å². The number of sulfonamides is 1. The molecule has 0 aromatic heterocycles. The molecule has 170 valence electrons. The highest BCUT2D eigenvalue weighted by Gasteiger charge is 2.51. The highest BCUT2D eigenvalue weighted by atomic mass is 32.2. The quantitative estimate of drug-likeness (QED) is 0.426. The molecule has 2 aromatic carbocycles. The van der Waals surface area contributed by atoms with Crippen LogP contribution in [-0.2, 0) is 14.8 Å². The van der Waals surface area contributed by atoms with Crippen molar-refractivity contribution in [1.29, 1.82) is 0 Å². The van der Waals surface area contributed by atoms with Crippen molar-refractivity contribution in [2.45, 2.75) is 81.4 Å². The average molecular weight is 460 g/mol. The van der Waals surface area contributed by atoms with Crippen LogP contribution in [0.3, 0.4) is 0 Å². The van der Waals surface area contributed by atoms with Crippen LogP contribution in [-0.4, -0.2) is 33.4 Å². The molecule has 0 unspecified atom stereocenters. The normalized spacial score (nSPS) is 20.8. The lowest BCUT2D eigenvalue weighted by Crippen LogP contribution is -2.51. The van der Waals surface area contributed by atoms with Crippen LogP contribution in [0.2, 0.25) is 22.7 Å². The van der Waals surface area contributed by atoms with Crippen LogP contribution in [0, 0.1) is 0 Å². The first kappa shape index (κ1) is 24.2. The van der Waals surface area contributed by atoms with Crippen LogP contribution >= 0.6 is 0 Å². The molecule has 6 heteroatoms. The third-order valence-corrected chi connectivity index (χ3v) is 16.8. The summed E-state index contributed by atoms with van der Waals surface area (Å²) in [6.07, 6.45) is -0.588. The Morgan fingerprint density at radius 3 is 1.84 bits per heavy atom. The molecule has 1 aliphatic rings. The highest BCUT2D eigenvalue weighted by Crippen LogP contribution is 2.48. The number of ether oxygens (including phenoxy) is 1. The zero-order valence-corrected chi connectivity index (χ0v) is 21.5. The second-order valence-corrected chi connectivity index (χ2v) is 17.6. The third kappa shape index (κ3) is 4.54. The van der Waals surface area contributed by atoms with Crippen molar-refractivity contribution in [3.63, 3.8) is 0 Å². The van der Waals surface area contributed by atoms with Crippen LogP contribution in [0.4, 0.5) is 0 Å². The van der Waals surface area contributed by atoms with Crippen molar-refractivity contribution < 1.29 is 13.2 Å². The summed E-state index contributed by atoms with van der Waals surface area (Å²) in [7, 11) is -5.53. The lowest BCUT2D eigenvalue weighted by Gasteiger charge is -2.45. The monoisotopic (exact) mass is 459 g/mol. The van der Waals surface area contributed by atoms with E-state index in [-0.39, 0.29) is 6.04 Å². The standard InChI is InChI=1S/C25H37NO3SSi/c1-19(2)31(20(3)4,21(5)6)18-23-17-29-25(22-13-9-7-10-14-22)26(23)30(27,28)24-15-11-8-12-16-24/h7-16,19-21,23,25H,17-18H2,1-6H3/t23-,25+/m1/s1. The van der Waals surface area contributed by atoms with E-state index < -0.39 is 24.3 Å². The third-order valence-electron chi connectivity index (χ3n) is 7.25. The highest BCUT2D eigenvalue weighted by molar-refractivity contribution is 7.89. The first-order valence-electron chi connectivity index (χ1n) is 11.4. The summed E-state index contributed by atoms with van der Waals surface area (Å²) in [5.41, 5.74) is 2.56. The number of hydrogen-bond donors (Lipinski definition) is 0. The largest absolute Gasteiger partial charge is 0.356 e. The predicted molar refractivity (Wildman–Crippen MR) is 130 cm³/mol. The smallest absolute Gasteiger partial charge is 0.245 e. The van der Waals surface area contributed by atoms with Gasteiger partial charge in [-0.1, -0.05) is 107 Å². The second-order valence-electron chi connectivity index (χ2n) is 9.68. The molecule has 0 spiro atoms. The van der Waals surface area contributed by atoms with Crippen molar-refractivity contribution in [2.24, 2.45) is 0 Å². The molecule has 0 radical (unpaired) electrons. The van der Waals surface area contributed by atoms with E-state index in [9.17, 15) is 8.42 Å². The molecular formula is C25H37NO3SSi. The minimum Gasteiger partial charge on any atom is -0.356 e. The number of rotatable bonds is 8. The fraction of sp³-hybridized carbons (Fsp3) is 0.520. The second kappa shape index (κ2) is 9.57. The van der Waals surface area contributed by atoms with Gasteiger partial charge in [-0.25, -0.2) is 8.42 Å². The van der Waals surface area contributed by atoms with Crippen molar-refractivity contribution in [3.8, 4) is 0 Å². The van der Waals surface area contributed by atoms with E-state index in [1.54, 1.807) is 28.6 Å². The molecule has 0 aliphatic carbocycles. The zero-order chi connectivity index (χ0) is 22.8. The Labute approximate surface area is 189 Å². The van der Waals surface area contributed by atoms with Crippen LogP contribution < -0.4 is 0 Å². The molecule has 0 N–H and O–H groups in total. The molecule has 1 fully saturated rings. The van der Waals surface area contributed by atoms with E-state index in [4.69, 9.17) is 4.74 Å². The van der Waals surface area contributed by atoms with E-state index in [1.807, 2.05) is 36.4 Å². The van der Waals surface area contributed by atoms with Gasteiger partial charge in [0.05, 0.1) is 19.6 Å². The Kier molecular flexibility index (Phi) is 7.46. The zero-order valence-electron chi connectivity index (χ0n) is 19.7. The van der Waals surface area contributed by atoms with Crippen LogP contribution in [0.15, 0.2) is 65.6 Å². The number of nitrogens with zero attached hydrogens (tertiary/aromatic N) is 1. The minimum atomic E-state index is -3.70. The summed E-state index contributed by atoms with van der Waals surface area (Å²) in [6.45, 7) is 14.4. The van der Waals surface area contributed by atoms with Crippen molar-refractivity contribution in [3.05, 3.63) is 66.2 Å². The average Bonchev–Trinajstić information content (AvgIpc) is 3.17. The van der Waals surface area contributed by atoms with E-state index in [0.717, 1.165) is 11.6 Å². The van der Waals surface area contributed by atoms with Crippen molar-refractivity contribution in [1.82, 2.24) is 4.31 Å². The fourth-order valence-corrected chi connectivity index (χ4v) is 14.1. The van der Waals surface area contributed by atoms with Gasteiger partial charge in [0, 0.05) is 6.04 Å². The summed E-state index contributed by atoms with van der Waals surface area (Å²) in [5, 5.41) is 0. The van der Waals surface area contributed by atoms with Gasteiger partial charge < -0.3 is 4.74 Å². The van der Waals surface area contributed by atoms with E-state index >= 15 is 0 Å². The summed E-state index contributed by atoms with van der Waals surface area (Å²) in [4.78, 5) is 0.331. The molecule has 4 nitrogen and oxygen atoms in total. The summed E-state index contributed by atoms with van der Waals surface area (Å²) in [6, 6.07) is 19.3. The van der Waals surface area contributed by atoms with E-state index in [1.165, 1.54) is 0 Å². The molecule has 1 heterocycles. The number of hydrogen-bond acceptors (Lipinski definition) is 3. The van der Waals surface area contributed by atoms with Gasteiger partial charge in [-0.2, -0.15) is 4.31 Å². The lowest BCUT2D eigenvalue weighted by atomic mass is 10.2. The van der Waals surface area contributed by atoms with E-state index in [2.05, 4.69) is 41.5 Å². The molecule has 1 saturated heterocycles. The molecule has 1 aliphatic heterocycles. The summed E-state index contributed by atoms with van der Waals surface area (Å²) >= 11 is 0. The maximum Gasteiger partial charge on any atom is 0.245 e. The van der Waals surface area contributed by atoms with Crippen molar-refractivity contribution >= 4 is 18.1 Å². The maximum absolute atomic E-state index is 13.9. The number of benzene rings is 2. The SMILES string of the molecule is CC(C)[Si](C[C@H]1CO[C@@H](c2ccccc2)N1S(=O)(=O)c1ccccc1)(C(C)C)C(C)C. The van der Waals surface area contributed by atoms with Gasteiger partial charge in [0.1, 0.15) is 6.23 Å². The predicted octanol–water partition coefficient (Wildman–Crippen LogP) is 6.45. The van der Waals surface area contributed by atoms with Gasteiger partial charge in [0.2, 0.25) is 10.0 Å². The first-order chi connectivity index (χ1) is 14.6. The Hall–Kier alpha value is -1.47. The molecule has 0 amide bonds. The molecular weight excluding hydrogens is 422 g/mol. The first-order valence-corrected chi connectivity index (χ1v) is 15.3. The van der Waals surface area contributed by atoms with Gasteiger partial charge in [-0.3, -0.25) is 0 Å². The topological polar surface area (TPSA) is 46.6 Å². The van der Waals surface area contributed by atoms with Gasteiger partial charge in [-0.15, -0.1) is 0 Å². The Bertz CT molecular complexity index is 923. The van der Waals surface area contributed by atoms with Gasteiger partial charge in [0.15, 0.2) is 0 Å².